The Hall–Kier alpha value is -1.41. The molecule has 1 rings (SSSR count). The first-order valence-corrected chi connectivity index (χ1v) is 6.90. The Balaban J connectivity index is 2.51. The van der Waals surface area contributed by atoms with Gasteiger partial charge >= 0.3 is 0 Å². The lowest BCUT2D eigenvalue weighted by Crippen LogP contribution is -2.29. The number of nitrogens with one attached hydrogen (secondary N) is 2. The van der Waals surface area contributed by atoms with Gasteiger partial charge in [0.1, 0.15) is 17.5 Å². The molecule has 0 radical (unpaired) electrons. The van der Waals surface area contributed by atoms with Crippen molar-refractivity contribution in [3.8, 4) is 0 Å². The molecule has 0 saturated carbocycles. The third-order valence-corrected chi connectivity index (χ3v) is 3.37. The van der Waals surface area contributed by atoms with Crippen LogP contribution in [-0.4, -0.2) is 37.2 Å². The maximum atomic E-state index is 11.3. The lowest BCUT2D eigenvalue weighted by molar-refractivity contribution is 0.584. The Morgan fingerprint density at radius 3 is 2.71 bits per heavy atom. The summed E-state index contributed by atoms with van der Waals surface area (Å²) < 4.78 is 25.1. The lowest BCUT2D eigenvalue weighted by atomic mass is 10.5. The average molecular weight is 259 g/mol. The van der Waals surface area contributed by atoms with Crippen molar-refractivity contribution in [2.24, 2.45) is 0 Å². The third kappa shape index (κ3) is 4.96. The highest BCUT2D eigenvalue weighted by Gasteiger charge is 2.08. The zero-order valence-corrected chi connectivity index (χ0v) is 10.7. The van der Waals surface area contributed by atoms with Gasteiger partial charge in [-0.2, -0.15) is 0 Å². The number of nitrogen functional groups attached to an aromatic ring is 1. The fraction of sp³-hybridized carbons (Fsp3) is 0.556. The third-order valence-electron chi connectivity index (χ3n) is 1.90. The summed E-state index contributed by atoms with van der Waals surface area (Å²) in [4.78, 5) is 8.00. The van der Waals surface area contributed by atoms with E-state index < -0.39 is 10.0 Å². The van der Waals surface area contributed by atoms with Crippen molar-refractivity contribution < 1.29 is 8.42 Å². The molecular formula is C9H17N5O2S. The van der Waals surface area contributed by atoms with Crippen LogP contribution in [0.4, 0.5) is 11.6 Å². The number of aryl methyl sites for hydroxylation is 1. The summed E-state index contributed by atoms with van der Waals surface area (Å²) in [6.45, 7) is 4.11. The summed E-state index contributed by atoms with van der Waals surface area (Å²) in [5.74, 6) is 1.42. The van der Waals surface area contributed by atoms with Crippen LogP contribution in [0.15, 0.2) is 6.07 Å². The normalized spacial score (nSPS) is 11.4. The van der Waals surface area contributed by atoms with Crippen molar-refractivity contribution in [3.05, 3.63) is 11.9 Å². The van der Waals surface area contributed by atoms with Crippen LogP contribution in [0.25, 0.3) is 0 Å². The molecule has 17 heavy (non-hydrogen) atoms. The molecule has 0 unspecified atom stereocenters. The lowest BCUT2D eigenvalue weighted by Gasteiger charge is -2.07. The largest absolute Gasteiger partial charge is 0.384 e. The van der Waals surface area contributed by atoms with E-state index in [0.29, 0.717) is 24.0 Å². The average Bonchev–Trinajstić information content (AvgIpc) is 2.15. The minimum Gasteiger partial charge on any atom is -0.384 e. The van der Waals surface area contributed by atoms with Gasteiger partial charge in [-0.15, -0.1) is 0 Å². The van der Waals surface area contributed by atoms with E-state index >= 15 is 0 Å². The second-order valence-corrected chi connectivity index (χ2v) is 5.40. The highest BCUT2D eigenvalue weighted by Crippen LogP contribution is 2.07. The second-order valence-electron chi connectivity index (χ2n) is 3.47. The predicted molar refractivity (Wildman–Crippen MR) is 67.1 cm³/mol. The number of anilines is 2. The summed E-state index contributed by atoms with van der Waals surface area (Å²) in [6, 6.07) is 1.56. The molecule has 0 aliphatic carbocycles. The molecule has 8 heteroatoms. The van der Waals surface area contributed by atoms with Gasteiger partial charge in [0.2, 0.25) is 10.0 Å². The Bertz CT molecular complexity index is 454. The maximum absolute atomic E-state index is 11.3. The number of nitrogens with two attached hydrogens (primary N) is 1. The topological polar surface area (TPSA) is 110 Å². The van der Waals surface area contributed by atoms with Gasteiger partial charge in [-0.25, -0.2) is 23.1 Å². The number of aromatic nitrogens is 2. The first kappa shape index (κ1) is 13.7. The molecule has 96 valence electrons. The first-order chi connectivity index (χ1) is 7.93. The molecule has 1 aromatic rings. The number of hydrogen-bond donors (Lipinski definition) is 3. The van der Waals surface area contributed by atoms with Crippen molar-refractivity contribution in [1.29, 1.82) is 0 Å². The fourth-order valence-corrected chi connectivity index (χ4v) is 2.24. The Kier molecular flexibility index (Phi) is 4.64. The van der Waals surface area contributed by atoms with Gasteiger partial charge in [0.05, 0.1) is 5.75 Å². The zero-order valence-electron chi connectivity index (χ0n) is 9.90. The van der Waals surface area contributed by atoms with E-state index in [2.05, 4.69) is 20.0 Å². The van der Waals surface area contributed by atoms with E-state index in [1.54, 1.807) is 19.9 Å². The van der Waals surface area contributed by atoms with Gasteiger partial charge < -0.3 is 11.1 Å². The van der Waals surface area contributed by atoms with Crippen LogP contribution in [-0.2, 0) is 10.0 Å². The van der Waals surface area contributed by atoms with Gasteiger partial charge in [-0.1, -0.05) is 6.92 Å². The van der Waals surface area contributed by atoms with E-state index in [9.17, 15) is 8.42 Å². The number of nitrogens with zero attached hydrogens (tertiary/aromatic N) is 2. The van der Waals surface area contributed by atoms with Crippen LogP contribution in [0, 0.1) is 6.92 Å². The van der Waals surface area contributed by atoms with Gasteiger partial charge in [0.25, 0.3) is 0 Å². The molecule has 7 nitrogen and oxygen atoms in total. The molecular weight excluding hydrogens is 242 g/mol. The maximum Gasteiger partial charge on any atom is 0.213 e. The quantitative estimate of drug-likeness (QED) is 0.648. The van der Waals surface area contributed by atoms with E-state index in [1.807, 2.05) is 0 Å². The van der Waals surface area contributed by atoms with Gasteiger partial charge in [0, 0.05) is 19.2 Å². The zero-order chi connectivity index (χ0) is 12.9. The number of rotatable bonds is 6. The van der Waals surface area contributed by atoms with Crippen molar-refractivity contribution in [2.45, 2.75) is 13.8 Å². The van der Waals surface area contributed by atoms with Crippen LogP contribution in [0.5, 0.6) is 0 Å². The highest BCUT2D eigenvalue weighted by atomic mass is 32.2. The molecule has 0 aliphatic rings. The molecule has 0 bridgehead atoms. The van der Waals surface area contributed by atoms with Crippen molar-refractivity contribution in [2.75, 3.05) is 29.9 Å². The molecule has 1 aromatic heterocycles. The molecule has 0 saturated heterocycles. The van der Waals surface area contributed by atoms with E-state index in [-0.39, 0.29) is 12.3 Å². The molecule has 0 aromatic carbocycles. The molecule has 1 heterocycles. The minimum atomic E-state index is -3.21. The second kappa shape index (κ2) is 5.78. The van der Waals surface area contributed by atoms with Crippen molar-refractivity contribution >= 4 is 21.7 Å². The Morgan fingerprint density at radius 2 is 2.12 bits per heavy atom. The van der Waals surface area contributed by atoms with Crippen LogP contribution in [0.2, 0.25) is 0 Å². The summed E-state index contributed by atoms with van der Waals surface area (Å²) in [5, 5.41) is 2.89. The highest BCUT2D eigenvalue weighted by molar-refractivity contribution is 7.89. The van der Waals surface area contributed by atoms with E-state index in [1.165, 1.54) is 0 Å². The van der Waals surface area contributed by atoms with Crippen molar-refractivity contribution in [3.63, 3.8) is 0 Å². The minimum absolute atomic E-state index is 0.0101. The Morgan fingerprint density at radius 1 is 1.41 bits per heavy atom. The monoisotopic (exact) mass is 259 g/mol. The van der Waals surface area contributed by atoms with Crippen LogP contribution < -0.4 is 15.8 Å². The summed E-state index contributed by atoms with van der Waals surface area (Å²) in [7, 11) is -3.21. The van der Waals surface area contributed by atoms with Crippen LogP contribution in [0.3, 0.4) is 0 Å². The summed E-state index contributed by atoms with van der Waals surface area (Å²) in [5.41, 5.74) is 5.54. The Labute approximate surface area is 101 Å². The molecule has 0 fully saturated rings. The smallest absolute Gasteiger partial charge is 0.213 e. The van der Waals surface area contributed by atoms with Gasteiger partial charge in [0.15, 0.2) is 0 Å². The summed E-state index contributed by atoms with van der Waals surface area (Å²) in [6.07, 6.45) is 0. The molecule has 0 atom stereocenters. The number of sulfonamides is 1. The molecule has 4 N–H and O–H groups in total. The predicted octanol–water partition coefficient (Wildman–Crippen LogP) is -0.282. The van der Waals surface area contributed by atoms with E-state index in [4.69, 9.17) is 5.73 Å². The number of hydrogen-bond acceptors (Lipinski definition) is 6. The molecule has 0 amide bonds. The SMILES string of the molecule is CCNS(=O)(=O)CCNc1cc(N)nc(C)n1. The van der Waals surface area contributed by atoms with Gasteiger partial charge in [-0.05, 0) is 6.92 Å². The first-order valence-electron chi connectivity index (χ1n) is 5.25. The van der Waals surface area contributed by atoms with E-state index in [0.717, 1.165) is 0 Å². The van der Waals surface area contributed by atoms with Crippen molar-refractivity contribution in [1.82, 2.24) is 14.7 Å². The van der Waals surface area contributed by atoms with Crippen LogP contribution >= 0.6 is 0 Å². The summed E-state index contributed by atoms with van der Waals surface area (Å²) >= 11 is 0. The molecule has 0 spiro atoms. The standard InChI is InChI=1S/C9H17N5O2S/c1-3-12-17(15,16)5-4-11-9-6-8(10)13-7(2)14-9/h6,12H,3-5H2,1-2H3,(H3,10,11,13,14). The van der Waals surface area contributed by atoms with Crippen LogP contribution in [0.1, 0.15) is 12.7 Å². The molecule has 0 aliphatic heterocycles. The fourth-order valence-electron chi connectivity index (χ4n) is 1.29. The van der Waals surface area contributed by atoms with Gasteiger partial charge in [-0.3, -0.25) is 0 Å².